The van der Waals surface area contributed by atoms with Crippen molar-refractivity contribution in [3.05, 3.63) is 29.3 Å². The average molecular weight is 290 g/mol. The van der Waals surface area contributed by atoms with Gasteiger partial charge < -0.3 is 15.3 Å². The van der Waals surface area contributed by atoms with Crippen molar-refractivity contribution >= 4 is 11.8 Å². The fourth-order valence-corrected chi connectivity index (χ4v) is 2.60. The first-order valence-corrected chi connectivity index (χ1v) is 7.30. The number of aryl methyl sites for hydroxylation is 1. The van der Waals surface area contributed by atoms with E-state index in [1.54, 1.807) is 25.1 Å². The highest BCUT2D eigenvalue weighted by molar-refractivity contribution is 5.94. The minimum atomic E-state index is -0.00641. The van der Waals surface area contributed by atoms with Crippen molar-refractivity contribution in [2.75, 3.05) is 19.6 Å². The van der Waals surface area contributed by atoms with Crippen LogP contribution in [0.5, 0.6) is 5.75 Å². The Balaban J connectivity index is 1.90. The number of carbonyl (C=O) groups is 2. The molecule has 0 unspecified atom stereocenters. The SMILES string of the molecule is CC(=O)NCC1CCN(C(=O)c2ccc(O)c(C)c2)CC1. The van der Waals surface area contributed by atoms with Gasteiger partial charge in [0.1, 0.15) is 5.75 Å². The molecule has 0 aromatic heterocycles. The highest BCUT2D eigenvalue weighted by Gasteiger charge is 2.23. The van der Waals surface area contributed by atoms with Crippen molar-refractivity contribution in [1.29, 1.82) is 0 Å². The zero-order valence-corrected chi connectivity index (χ0v) is 12.6. The van der Waals surface area contributed by atoms with Gasteiger partial charge in [0, 0.05) is 32.1 Å². The second-order valence-electron chi connectivity index (χ2n) is 5.67. The summed E-state index contributed by atoms with van der Waals surface area (Å²) in [6, 6.07) is 4.95. The van der Waals surface area contributed by atoms with E-state index in [4.69, 9.17) is 0 Å². The normalized spacial score (nSPS) is 15.8. The largest absolute Gasteiger partial charge is 0.508 e. The number of piperidine rings is 1. The number of nitrogens with one attached hydrogen (secondary N) is 1. The molecular formula is C16H22N2O3. The number of hydrogen-bond donors (Lipinski definition) is 2. The lowest BCUT2D eigenvalue weighted by atomic mass is 9.96. The van der Waals surface area contributed by atoms with E-state index in [9.17, 15) is 14.7 Å². The molecule has 21 heavy (non-hydrogen) atoms. The summed E-state index contributed by atoms with van der Waals surface area (Å²) in [6.07, 6.45) is 1.81. The van der Waals surface area contributed by atoms with Gasteiger partial charge in [-0.15, -0.1) is 0 Å². The van der Waals surface area contributed by atoms with Gasteiger partial charge in [-0.2, -0.15) is 0 Å². The number of carbonyl (C=O) groups excluding carboxylic acids is 2. The molecule has 0 saturated carbocycles. The lowest BCUT2D eigenvalue weighted by Gasteiger charge is -2.32. The molecule has 2 amide bonds. The van der Waals surface area contributed by atoms with Crippen LogP contribution in [0.2, 0.25) is 0 Å². The van der Waals surface area contributed by atoms with Gasteiger partial charge >= 0.3 is 0 Å². The summed E-state index contributed by atoms with van der Waals surface area (Å²) in [5, 5.41) is 12.3. The van der Waals surface area contributed by atoms with Crippen molar-refractivity contribution < 1.29 is 14.7 Å². The van der Waals surface area contributed by atoms with Crippen LogP contribution in [0, 0.1) is 12.8 Å². The average Bonchev–Trinajstić information content (AvgIpc) is 2.48. The van der Waals surface area contributed by atoms with Gasteiger partial charge in [-0.25, -0.2) is 0 Å². The number of rotatable bonds is 3. The van der Waals surface area contributed by atoms with Crippen LogP contribution in [0.4, 0.5) is 0 Å². The first-order chi connectivity index (χ1) is 9.97. The maximum Gasteiger partial charge on any atom is 0.253 e. The van der Waals surface area contributed by atoms with Gasteiger partial charge in [0.25, 0.3) is 5.91 Å². The van der Waals surface area contributed by atoms with Crippen molar-refractivity contribution in [2.45, 2.75) is 26.7 Å². The van der Waals surface area contributed by atoms with Crippen LogP contribution in [0.15, 0.2) is 18.2 Å². The molecule has 0 bridgehead atoms. The Morgan fingerprint density at radius 1 is 1.33 bits per heavy atom. The summed E-state index contributed by atoms with van der Waals surface area (Å²) in [5.41, 5.74) is 1.33. The van der Waals surface area contributed by atoms with Gasteiger partial charge in [0.15, 0.2) is 0 Å². The summed E-state index contributed by atoms with van der Waals surface area (Å²) in [4.78, 5) is 25.2. The van der Waals surface area contributed by atoms with Gasteiger partial charge in [-0.3, -0.25) is 9.59 Å². The number of benzene rings is 1. The lowest BCUT2D eigenvalue weighted by Crippen LogP contribution is -2.41. The Morgan fingerprint density at radius 3 is 2.57 bits per heavy atom. The predicted molar refractivity (Wildman–Crippen MR) is 80.2 cm³/mol. The van der Waals surface area contributed by atoms with Crippen molar-refractivity contribution in [1.82, 2.24) is 10.2 Å². The number of amides is 2. The van der Waals surface area contributed by atoms with Crippen LogP contribution in [0.1, 0.15) is 35.7 Å². The molecule has 1 aliphatic heterocycles. The molecule has 0 aliphatic carbocycles. The smallest absolute Gasteiger partial charge is 0.253 e. The maximum absolute atomic E-state index is 12.4. The fraction of sp³-hybridized carbons (Fsp3) is 0.500. The van der Waals surface area contributed by atoms with E-state index in [2.05, 4.69) is 5.32 Å². The lowest BCUT2D eigenvalue weighted by molar-refractivity contribution is -0.119. The molecule has 1 aliphatic rings. The highest BCUT2D eigenvalue weighted by atomic mass is 16.3. The summed E-state index contributed by atoms with van der Waals surface area (Å²) in [7, 11) is 0. The van der Waals surface area contributed by atoms with Crippen molar-refractivity contribution in [3.8, 4) is 5.75 Å². The monoisotopic (exact) mass is 290 g/mol. The zero-order chi connectivity index (χ0) is 15.4. The maximum atomic E-state index is 12.4. The van der Waals surface area contributed by atoms with Crippen LogP contribution < -0.4 is 5.32 Å². The summed E-state index contributed by atoms with van der Waals surface area (Å²) in [6.45, 7) is 5.42. The second kappa shape index (κ2) is 6.61. The highest BCUT2D eigenvalue weighted by Crippen LogP contribution is 2.21. The molecular weight excluding hydrogens is 268 g/mol. The first-order valence-electron chi connectivity index (χ1n) is 7.30. The van der Waals surface area contributed by atoms with Crippen molar-refractivity contribution in [2.24, 2.45) is 5.92 Å². The van der Waals surface area contributed by atoms with Gasteiger partial charge in [-0.05, 0) is 49.4 Å². The van der Waals surface area contributed by atoms with E-state index in [1.165, 1.54) is 6.92 Å². The summed E-state index contributed by atoms with van der Waals surface area (Å²) >= 11 is 0. The topological polar surface area (TPSA) is 69.6 Å². The Bertz CT molecular complexity index is 534. The minimum Gasteiger partial charge on any atom is -0.508 e. The number of nitrogens with zero attached hydrogens (tertiary/aromatic N) is 1. The van der Waals surface area contributed by atoms with E-state index < -0.39 is 0 Å². The first kappa shape index (κ1) is 15.4. The molecule has 1 heterocycles. The summed E-state index contributed by atoms with van der Waals surface area (Å²) < 4.78 is 0. The van der Waals surface area contributed by atoms with Crippen LogP contribution in [-0.2, 0) is 4.79 Å². The molecule has 0 spiro atoms. The Kier molecular flexibility index (Phi) is 4.83. The third kappa shape index (κ3) is 3.97. The third-order valence-electron chi connectivity index (χ3n) is 3.99. The predicted octanol–water partition coefficient (Wildman–Crippen LogP) is 1.69. The molecule has 5 nitrogen and oxygen atoms in total. The molecule has 0 radical (unpaired) electrons. The van der Waals surface area contributed by atoms with E-state index in [0.29, 0.717) is 36.7 Å². The number of aromatic hydroxyl groups is 1. The molecule has 2 N–H and O–H groups in total. The Morgan fingerprint density at radius 2 is 2.00 bits per heavy atom. The van der Waals surface area contributed by atoms with Gasteiger partial charge in [0.05, 0.1) is 0 Å². The van der Waals surface area contributed by atoms with E-state index in [0.717, 1.165) is 12.8 Å². The molecule has 1 fully saturated rings. The van der Waals surface area contributed by atoms with Crippen LogP contribution in [-0.4, -0.2) is 41.5 Å². The quantitative estimate of drug-likeness (QED) is 0.890. The zero-order valence-electron chi connectivity index (χ0n) is 12.6. The number of phenols is 1. The second-order valence-corrected chi connectivity index (χ2v) is 5.67. The van der Waals surface area contributed by atoms with Crippen molar-refractivity contribution in [3.63, 3.8) is 0 Å². The number of hydrogen-bond acceptors (Lipinski definition) is 3. The molecule has 2 rings (SSSR count). The molecule has 1 saturated heterocycles. The molecule has 1 aromatic rings. The van der Waals surface area contributed by atoms with E-state index in [-0.39, 0.29) is 17.6 Å². The minimum absolute atomic E-state index is 0.00641. The molecule has 5 heteroatoms. The number of likely N-dealkylation sites (tertiary alicyclic amines) is 1. The number of phenolic OH excluding ortho intramolecular Hbond substituents is 1. The Labute approximate surface area is 125 Å². The standard InChI is InChI=1S/C16H22N2O3/c1-11-9-14(3-4-15(11)20)16(21)18-7-5-13(6-8-18)10-17-12(2)19/h3-4,9,13,20H,5-8,10H2,1-2H3,(H,17,19). The van der Waals surface area contributed by atoms with Crippen LogP contribution in [0.3, 0.4) is 0 Å². The van der Waals surface area contributed by atoms with Gasteiger partial charge in [0.2, 0.25) is 5.91 Å². The van der Waals surface area contributed by atoms with Crippen LogP contribution >= 0.6 is 0 Å². The molecule has 114 valence electrons. The van der Waals surface area contributed by atoms with Crippen LogP contribution in [0.25, 0.3) is 0 Å². The molecule has 1 aromatic carbocycles. The third-order valence-corrected chi connectivity index (χ3v) is 3.99. The van der Waals surface area contributed by atoms with E-state index >= 15 is 0 Å². The Hall–Kier alpha value is -2.04. The van der Waals surface area contributed by atoms with Gasteiger partial charge in [-0.1, -0.05) is 0 Å². The molecule has 0 atom stereocenters. The van der Waals surface area contributed by atoms with E-state index in [1.807, 2.05) is 4.90 Å². The summed E-state index contributed by atoms with van der Waals surface area (Å²) in [5.74, 6) is 0.657. The fourth-order valence-electron chi connectivity index (χ4n) is 2.60.